The molecule has 28 heavy (non-hydrogen) atoms. The van der Waals surface area contributed by atoms with Crippen molar-refractivity contribution < 1.29 is 18.8 Å². The maximum atomic E-state index is 12.9. The van der Waals surface area contributed by atoms with E-state index >= 15 is 0 Å². The van der Waals surface area contributed by atoms with Gasteiger partial charge in [-0.1, -0.05) is 47.6 Å². The first-order valence-electron chi connectivity index (χ1n) is 8.81. The number of hydrogen-bond acceptors (Lipinski definition) is 5. The van der Waals surface area contributed by atoms with Crippen LogP contribution in [-0.2, 0) is 9.53 Å². The summed E-state index contributed by atoms with van der Waals surface area (Å²) in [6.45, 7) is 0.503. The molecule has 3 rings (SSSR count). The molecule has 0 spiro atoms. The highest BCUT2D eigenvalue weighted by atomic mass is 16.5. The van der Waals surface area contributed by atoms with Crippen molar-refractivity contribution in [3.8, 4) is 11.1 Å². The number of anilines is 1. The zero-order valence-electron chi connectivity index (χ0n) is 15.5. The van der Waals surface area contributed by atoms with Gasteiger partial charge in [0.25, 0.3) is 5.91 Å². The van der Waals surface area contributed by atoms with Crippen LogP contribution in [0.25, 0.3) is 11.1 Å². The molecule has 0 unspecified atom stereocenters. The third-order valence-electron chi connectivity index (χ3n) is 4.13. The van der Waals surface area contributed by atoms with E-state index in [1.807, 2.05) is 42.5 Å². The van der Waals surface area contributed by atoms with Crippen LogP contribution in [0.15, 0.2) is 71.4 Å². The monoisotopic (exact) mass is 379 g/mol. The lowest BCUT2D eigenvalue weighted by Gasteiger charge is -2.22. The number of methoxy groups -OCH3 is 1. The van der Waals surface area contributed by atoms with Crippen LogP contribution in [0.4, 0.5) is 5.82 Å². The van der Waals surface area contributed by atoms with Gasteiger partial charge >= 0.3 is 0 Å². The van der Waals surface area contributed by atoms with E-state index in [0.717, 1.165) is 11.1 Å². The Morgan fingerprint density at radius 2 is 1.75 bits per heavy atom. The van der Waals surface area contributed by atoms with Gasteiger partial charge in [-0.05, 0) is 23.3 Å². The number of carbonyl (C=O) groups is 2. The van der Waals surface area contributed by atoms with Gasteiger partial charge in [0.15, 0.2) is 5.82 Å². The van der Waals surface area contributed by atoms with Crippen molar-refractivity contribution in [2.45, 2.75) is 0 Å². The lowest BCUT2D eigenvalue weighted by atomic mass is 10.0. The molecular formula is C21H21N3O4. The molecule has 1 aromatic heterocycles. The molecule has 1 heterocycles. The maximum Gasteiger partial charge on any atom is 0.254 e. The molecule has 0 fully saturated rings. The van der Waals surface area contributed by atoms with E-state index in [-0.39, 0.29) is 18.4 Å². The maximum absolute atomic E-state index is 12.9. The van der Waals surface area contributed by atoms with E-state index in [2.05, 4.69) is 15.0 Å². The molecule has 7 heteroatoms. The Bertz CT molecular complexity index is 893. The van der Waals surface area contributed by atoms with Gasteiger partial charge in [0.1, 0.15) is 12.8 Å². The van der Waals surface area contributed by atoms with Crippen LogP contribution in [0.5, 0.6) is 0 Å². The molecule has 144 valence electrons. The van der Waals surface area contributed by atoms with E-state index < -0.39 is 0 Å². The third kappa shape index (κ3) is 5.05. The minimum atomic E-state index is -0.362. The fraction of sp³-hybridized carbons (Fsp3) is 0.190. The van der Waals surface area contributed by atoms with Gasteiger partial charge in [0, 0.05) is 25.3 Å². The summed E-state index contributed by atoms with van der Waals surface area (Å²) in [4.78, 5) is 26.6. The summed E-state index contributed by atoms with van der Waals surface area (Å²) in [7, 11) is 1.55. The van der Waals surface area contributed by atoms with Crippen molar-refractivity contribution in [2.75, 3.05) is 32.1 Å². The molecular weight excluding hydrogens is 358 g/mol. The molecule has 1 N–H and O–H groups in total. The molecule has 0 atom stereocenters. The van der Waals surface area contributed by atoms with Crippen molar-refractivity contribution in [3.63, 3.8) is 0 Å². The number of rotatable bonds is 8. The fourth-order valence-corrected chi connectivity index (χ4v) is 2.71. The lowest BCUT2D eigenvalue weighted by molar-refractivity contribution is -0.117. The van der Waals surface area contributed by atoms with Crippen LogP contribution < -0.4 is 5.32 Å². The van der Waals surface area contributed by atoms with E-state index in [1.54, 1.807) is 19.2 Å². The van der Waals surface area contributed by atoms with E-state index in [1.165, 1.54) is 17.2 Å². The molecule has 0 saturated carbocycles. The first-order valence-corrected chi connectivity index (χ1v) is 8.81. The van der Waals surface area contributed by atoms with Crippen molar-refractivity contribution in [3.05, 3.63) is 72.5 Å². The Hall–Kier alpha value is -3.45. The van der Waals surface area contributed by atoms with Gasteiger partial charge in [-0.15, -0.1) is 0 Å². The quantitative estimate of drug-likeness (QED) is 0.650. The highest BCUT2D eigenvalue weighted by Gasteiger charge is 2.19. The number of amides is 2. The topological polar surface area (TPSA) is 84.7 Å². The lowest BCUT2D eigenvalue weighted by Crippen LogP contribution is -2.40. The van der Waals surface area contributed by atoms with E-state index in [0.29, 0.717) is 24.5 Å². The van der Waals surface area contributed by atoms with Crippen molar-refractivity contribution in [2.24, 2.45) is 0 Å². The predicted octanol–water partition coefficient (Wildman–Crippen LogP) is 3.07. The highest BCUT2D eigenvalue weighted by Crippen LogP contribution is 2.20. The number of ether oxygens (including phenoxy) is 1. The van der Waals surface area contributed by atoms with Crippen LogP contribution in [0, 0.1) is 0 Å². The summed E-state index contributed by atoms with van der Waals surface area (Å²) in [5.74, 6) is -0.303. The van der Waals surface area contributed by atoms with Gasteiger partial charge in [0.05, 0.1) is 6.61 Å². The minimum Gasteiger partial charge on any atom is -0.383 e. The fourth-order valence-electron chi connectivity index (χ4n) is 2.71. The normalized spacial score (nSPS) is 10.5. The average molecular weight is 379 g/mol. The first-order chi connectivity index (χ1) is 13.7. The SMILES string of the molecule is COCCN(CC(=O)Nc1ccon1)C(=O)c1ccc(-c2ccccc2)cc1. The second-order valence-corrected chi connectivity index (χ2v) is 6.10. The standard InChI is InChI=1S/C21H21N3O4/c1-27-14-12-24(15-20(25)22-19-11-13-28-23-19)21(26)18-9-7-17(8-10-18)16-5-3-2-4-6-16/h2-11,13H,12,14-15H2,1H3,(H,22,23,25). The van der Waals surface area contributed by atoms with Crippen LogP contribution >= 0.6 is 0 Å². The van der Waals surface area contributed by atoms with Gasteiger partial charge < -0.3 is 19.5 Å². The Labute approximate surface area is 162 Å². The van der Waals surface area contributed by atoms with Crippen molar-refractivity contribution in [1.82, 2.24) is 10.1 Å². The molecule has 0 saturated heterocycles. The highest BCUT2D eigenvalue weighted by molar-refractivity contribution is 5.99. The van der Waals surface area contributed by atoms with Gasteiger partial charge in [-0.25, -0.2) is 0 Å². The van der Waals surface area contributed by atoms with Crippen LogP contribution in [0.2, 0.25) is 0 Å². The number of nitrogens with one attached hydrogen (secondary N) is 1. The van der Waals surface area contributed by atoms with Gasteiger partial charge in [0.2, 0.25) is 5.91 Å². The smallest absolute Gasteiger partial charge is 0.254 e. The Morgan fingerprint density at radius 1 is 1.04 bits per heavy atom. The largest absolute Gasteiger partial charge is 0.383 e. The summed E-state index contributed by atoms with van der Waals surface area (Å²) < 4.78 is 9.75. The summed E-state index contributed by atoms with van der Waals surface area (Å²) in [6.07, 6.45) is 1.36. The zero-order valence-corrected chi connectivity index (χ0v) is 15.5. The molecule has 7 nitrogen and oxygen atoms in total. The number of benzene rings is 2. The summed E-state index contributed by atoms with van der Waals surface area (Å²) >= 11 is 0. The summed E-state index contributed by atoms with van der Waals surface area (Å²) in [5.41, 5.74) is 2.60. The molecule has 0 aliphatic heterocycles. The average Bonchev–Trinajstić information content (AvgIpc) is 3.24. The molecule has 0 aliphatic rings. The first kappa shape index (κ1) is 19.3. The summed E-state index contributed by atoms with van der Waals surface area (Å²) in [5, 5.41) is 6.22. The second-order valence-electron chi connectivity index (χ2n) is 6.10. The van der Waals surface area contributed by atoms with Crippen LogP contribution in [-0.4, -0.2) is 48.7 Å². The molecule has 0 radical (unpaired) electrons. The minimum absolute atomic E-state index is 0.116. The Kier molecular flexibility index (Phi) is 6.54. The predicted molar refractivity (Wildman–Crippen MR) is 105 cm³/mol. The van der Waals surface area contributed by atoms with Crippen LogP contribution in [0.3, 0.4) is 0 Å². The number of hydrogen-bond donors (Lipinski definition) is 1. The summed E-state index contributed by atoms with van der Waals surface area (Å²) in [6, 6.07) is 18.8. The van der Waals surface area contributed by atoms with Gasteiger partial charge in [-0.3, -0.25) is 9.59 Å². The van der Waals surface area contributed by atoms with Crippen molar-refractivity contribution in [1.29, 1.82) is 0 Å². The van der Waals surface area contributed by atoms with Crippen molar-refractivity contribution >= 4 is 17.6 Å². The molecule has 2 aromatic carbocycles. The number of nitrogens with zero attached hydrogens (tertiary/aromatic N) is 2. The molecule has 2 amide bonds. The van der Waals surface area contributed by atoms with E-state index in [4.69, 9.17) is 4.74 Å². The Morgan fingerprint density at radius 3 is 2.39 bits per heavy atom. The number of carbonyl (C=O) groups excluding carboxylic acids is 2. The molecule has 0 bridgehead atoms. The number of aromatic nitrogens is 1. The molecule has 3 aromatic rings. The van der Waals surface area contributed by atoms with Crippen LogP contribution in [0.1, 0.15) is 10.4 Å². The van der Waals surface area contributed by atoms with Gasteiger partial charge in [-0.2, -0.15) is 0 Å². The zero-order chi connectivity index (χ0) is 19.8. The second kappa shape index (κ2) is 9.48. The molecule has 0 aliphatic carbocycles. The third-order valence-corrected chi connectivity index (χ3v) is 4.13. The Balaban J connectivity index is 1.70. The van der Waals surface area contributed by atoms with E-state index in [9.17, 15) is 9.59 Å².